The van der Waals surface area contributed by atoms with E-state index in [-0.39, 0.29) is 12.5 Å². The molecule has 8 heteroatoms. The van der Waals surface area contributed by atoms with Crippen LogP contribution in [0.25, 0.3) is 0 Å². The number of amides is 2. The molecule has 0 saturated carbocycles. The molecule has 2 aromatic rings. The average molecular weight is 414 g/mol. The summed E-state index contributed by atoms with van der Waals surface area (Å²) in [5.74, 6) is -0.430. The molecule has 30 heavy (non-hydrogen) atoms. The Morgan fingerprint density at radius 2 is 1.77 bits per heavy atom. The minimum absolute atomic E-state index is 0.191. The Kier molecular flexibility index (Phi) is 8.22. The number of ether oxygens (including phenoxy) is 3. The third-order valence-electron chi connectivity index (χ3n) is 4.16. The molecule has 0 spiro atoms. The summed E-state index contributed by atoms with van der Waals surface area (Å²) in [7, 11) is 2.98. The Balaban J connectivity index is 1.76. The number of benzene rings is 2. The van der Waals surface area contributed by atoms with Gasteiger partial charge in [0.15, 0.2) is 12.7 Å². The van der Waals surface area contributed by atoms with Gasteiger partial charge in [-0.1, -0.05) is 23.8 Å². The molecular weight excluding hydrogens is 388 g/mol. The number of rotatable bonds is 9. The number of anilines is 1. The molecule has 2 amide bonds. The summed E-state index contributed by atoms with van der Waals surface area (Å²) in [5.41, 5.74) is 1.62. The number of nitrogens with zero attached hydrogens (tertiary/aromatic N) is 1. The van der Waals surface area contributed by atoms with Crippen LogP contribution in [0.3, 0.4) is 0 Å². The van der Waals surface area contributed by atoms with Crippen LogP contribution in [0, 0.1) is 6.92 Å². The van der Waals surface area contributed by atoms with Crippen molar-refractivity contribution in [3.63, 3.8) is 0 Å². The lowest BCUT2D eigenvalue weighted by atomic mass is 10.2. The van der Waals surface area contributed by atoms with Gasteiger partial charge in [0.05, 0.1) is 13.7 Å². The lowest BCUT2D eigenvalue weighted by Crippen LogP contribution is -2.38. The Hall–Kier alpha value is -3.55. The highest BCUT2D eigenvalue weighted by atomic mass is 16.6. The van der Waals surface area contributed by atoms with Crippen LogP contribution in [0.4, 0.5) is 5.69 Å². The lowest BCUT2D eigenvalue weighted by Gasteiger charge is -2.18. The van der Waals surface area contributed by atoms with Crippen LogP contribution < -0.4 is 14.8 Å². The first-order valence-corrected chi connectivity index (χ1v) is 9.36. The van der Waals surface area contributed by atoms with Crippen LogP contribution in [-0.2, 0) is 19.1 Å². The number of aryl methyl sites for hydroxylation is 1. The first kappa shape index (κ1) is 22.7. The summed E-state index contributed by atoms with van der Waals surface area (Å²) in [6, 6.07) is 14.1. The van der Waals surface area contributed by atoms with E-state index in [0.29, 0.717) is 17.2 Å². The normalized spacial score (nSPS) is 11.2. The van der Waals surface area contributed by atoms with Crippen molar-refractivity contribution in [1.29, 1.82) is 0 Å². The molecule has 0 heterocycles. The molecule has 8 nitrogen and oxygen atoms in total. The minimum atomic E-state index is -0.873. The minimum Gasteiger partial charge on any atom is -0.497 e. The average Bonchev–Trinajstić information content (AvgIpc) is 2.73. The van der Waals surface area contributed by atoms with E-state index in [2.05, 4.69) is 5.32 Å². The molecule has 1 unspecified atom stereocenters. The van der Waals surface area contributed by atoms with Crippen LogP contribution in [0.2, 0.25) is 0 Å². The number of carbonyl (C=O) groups is 3. The molecule has 0 aliphatic rings. The molecular formula is C22H26N2O6. The standard InChI is InChI=1S/C22H26N2O6/c1-15-8-10-18(11-9-15)30-16(2)22(27)29-14-21(26)24(3)13-20(25)23-17-6-5-7-19(12-17)28-4/h5-12,16H,13-14H2,1-4H3,(H,23,25). The van der Waals surface area contributed by atoms with E-state index in [9.17, 15) is 14.4 Å². The fourth-order valence-corrected chi connectivity index (χ4v) is 2.43. The van der Waals surface area contributed by atoms with Crippen LogP contribution >= 0.6 is 0 Å². The monoisotopic (exact) mass is 414 g/mol. The van der Waals surface area contributed by atoms with E-state index in [1.807, 2.05) is 19.1 Å². The van der Waals surface area contributed by atoms with Crippen molar-refractivity contribution in [2.45, 2.75) is 20.0 Å². The smallest absolute Gasteiger partial charge is 0.347 e. The van der Waals surface area contributed by atoms with Gasteiger partial charge in [0.1, 0.15) is 11.5 Å². The number of hydrogen-bond acceptors (Lipinski definition) is 6. The van der Waals surface area contributed by atoms with Crippen molar-refractivity contribution in [2.75, 3.05) is 32.6 Å². The van der Waals surface area contributed by atoms with Gasteiger partial charge in [0.25, 0.3) is 5.91 Å². The maximum Gasteiger partial charge on any atom is 0.347 e. The summed E-state index contributed by atoms with van der Waals surface area (Å²) >= 11 is 0. The maximum atomic E-state index is 12.2. The maximum absolute atomic E-state index is 12.2. The van der Waals surface area contributed by atoms with Crippen molar-refractivity contribution in [3.05, 3.63) is 54.1 Å². The molecule has 0 aliphatic carbocycles. The number of carbonyl (C=O) groups excluding carboxylic acids is 3. The zero-order chi connectivity index (χ0) is 22.1. The number of esters is 1. The predicted octanol–water partition coefficient (Wildman–Crippen LogP) is 2.41. The molecule has 2 rings (SSSR count). The summed E-state index contributed by atoms with van der Waals surface area (Å²) < 4.78 is 15.6. The summed E-state index contributed by atoms with van der Waals surface area (Å²) in [6.45, 7) is 2.81. The van der Waals surface area contributed by atoms with Gasteiger partial charge >= 0.3 is 5.97 Å². The second-order valence-electron chi connectivity index (χ2n) is 6.71. The predicted molar refractivity (Wildman–Crippen MR) is 111 cm³/mol. The van der Waals surface area contributed by atoms with E-state index in [1.165, 1.54) is 26.0 Å². The molecule has 2 aromatic carbocycles. The Morgan fingerprint density at radius 1 is 1.07 bits per heavy atom. The zero-order valence-electron chi connectivity index (χ0n) is 17.5. The SMILES string of the molecule is COc1cccc(NC(=O)CN(C)C(=O)COC(=O)C(C)Oc2ccc(C)cc2)c1. The van der Waals surface area contributed by atoms with Crippen molar-refractivity contribution < 1.29 is 28.6 Å². The molecule has 1 atom stereocenters. The molecule has 0 radical (unpaired) electrons. The van der Waals surface area contributed by atoms with Crippen molar-refractivity contribution >= 4 is 23.5 Å². The van der Waals surface area contributed by atoms with Crippen molar-refractivity contribution in [2.24, 2.45) is 0 Å². The van der Waals surface area contributed by atoms with Gasteiger partial charge in [-0.05, 0) is 38.1 Å². The van der Waals surface area contributed by atoms with E-state index in [4.69, 9.17) is 14.2 Å². The van der Waals surface area contributed by atoms with Crippen molar-refractivity contribution in [3.8, 4) is 11.5 Å². The fraction of sp³-hybridized carbons (Fsp3) is 0.318. The van der Waals surface area contributed by atoms with Gasteiger partial charge in [-0.3, -0.25) is 9.59 Å². The molecule has 0 aromatic heterocycles. The highest BCUT2D eigenvalue weighted by Crippen LogP contribution is 2.16. The van der Waals surface area contributed by atoms with Gasteiger partial charge in [-0.15, -0.1) is 0 Å². The lowest BCUT2D eigenvalue weighted by molar-refractivity contribution is -0.157. The van der Waals surface area contributed by atoms with E-state index >= 15 is 0 Å². The number of likely N-dealkylation sites (N-methyl/N-ethyl adjacent to an activating group) is 1. The molecule has 1 N–H and O–H groups in total. The number of hydrogen-bond donors (Lipinski definition) is 1. The van der Waals surface area contributed by atoms with Crippen LogP contribution in [0.15, 0.2) is 48.5 Å². The number of nitrogens with one attached hydrogen (secondary N) is 1. The largest absolute Gasteiger partial charge is 0.497 e. The third kappa shape index (κ3) is 7.12. The molecule has 160 valence electrons. The quantitative estimate of drug-likeness (QED) is 0.634. The summed E-state index contributed by atoms with van der Waals surface area (Å²) in [6.07, 6.45) is -0.873. The Labute approximate surface area is 175 Å². The van der Waals surface area contributed by atoms with Gasteiger partial charge in [0.2, 0.25) is 5.91 Å². The third-order valence-corrected chi connectivity index (χ3v) is 4.16. The second kappa shape index (κ2) is 10.8. The van der Waals surface area contributed by atoms with Gasteiger partial charge in [-0.25, -0.2) is 4.79 Å². The summed E-state index contributed by atoms with van der Waals surface area (Å²) in [5, 5.41) is 2.68. The van der Waals surface area contributed by atoms with E-state index in [1.54, 1.807) is 36.4 Å². The molecule has 0 aliphatic heterocycles. The van der Waals surface area contributed by atoms with Gasteiger partial charge in [0, 0.05) is 18.8 Å². The highest BCUT2D eigenvalue weighted by molar-refractivity contribution is 5.95. The van der Waals surface area contributed by atoms with Crippen molar-refractivity contribution in [1.82, 2.24) is 4.90 Å². The first-order chi connectivity index (χ1) is 14.3. The van der Waals surface area contributed by atoms with Crippen LogP contribution in [0.1, 0.15) is 12.5 Å². The molecule has 0 saturated heterocycles. The van der Waals surface area contributed by atoms with Gasteiger partial charge in [-0.2, -0.15) is 0 Å². The molecule has 0 fully saturated rings. The highest BCUT2D eigenvalue weighted by Gasteiger charge is 2.20. The fourth-order valence-electron chi connectivity index (χ4n) is 2.43. The first-order valence-electron chi connectivity index (χ1n) is 9.36. The van der Waals surface area contributed by atoms with E-state index in [0.717, 1.165) is 5.56 Å². The second-order valence-corrected chi connectivity index (χ2v) is 6.71. The number of methoxy groups -OCH3 is 1. The van der Waals surface area contributed by atoms with Crippen LogP contribution in [-0.4, -0.2) is 56.1 Å². The zero-order valence-corrected chi connectivity index (χ0v) is 17.5. The Bertz CT molecular complexity index is 881. The topological polar surface area (TPSA) is 94.2 Å². The van der Waals surface area contributed by atoms with Gasteiger partial charge < -0.3 is 24.4 Å². The molecule has 0 bridgehead atoms. The van der Waals surface area contributed by atoms with Crippen LogP contribution in [0.5, 0.6) is 11.5 Å². The summed E-state index contributed by atoms with van der Waals surface area (Å²) in [4.78, 5) is 37.5. The van der Waals surface area contributed by atoms with E-state index < -0.39 is 24.6 Å². The Morgan fingerprint density at radius 3 is 2.43 bits per heavy atom.